The molecular formula is C34H45N3O6. The van der Waals surface area contributed by atoms with Gasteiger partial charge in [-0.2, -0.15) is 0 Å². The zero-order chi connectivity index (χ0) is 31.5. The zero-order valence-corrected chi connectivity index (χ0v) is 25.4. The van der Waals surface area contributed by atoms with E-state index in [4.69, 9.17) is 4.74 Å². The van der Waals surface area contributed by atoms with E-state index in [9.17, 15) is 24.9 Å². The second kappa shape index (κ2) is 15.6. The Hall–Kier alpha value is -3.76. The highest BCUT2D eigenvalue weighted by Gasteiger charge is 2.35. The normalized spacial score (nSPS) is 15.8. The Morgan fingerprint density at radius 3 is 1.56 bits per heavy atom. The topological polar surface area (TPSA) is 140 Å². The van der Waals surface area contributed by atoms with Crippen molar-refractivity contribution in [1.29, 1.82) is 0 Å². The monoisotopic (exact) mass is 591 g/mol. The molecule has 0 heterocycles. The summed E-state index contributed by atoms with van der Waals surface area (Å²) in [5, 5.41) is 42.0. The van der Waals surface area contributed by atoms with Crippen molar-refractivity contribution in [2.24, 2.45) is 0 Å². The summed E-state index contributed by atoms with van der Waals surface area (Å²) in [6, 6.07) is 26.1. The number of carbonyl (C=O) groups is 2. The SMILES string of the molecule is CC(C)(C)OC(=O)N[C@@H](Cc1ccccc1)[C@H](O)CNCC(O)[C@H](Cc1ccccc1)NC(=O)[C@](C)(O)c1ccccc1. The molecule has 0 saturated heterocycles. The van der Waals surface area contributed by atoms with Crippen molar-refractivity contribution in [3.63, 3.8) is 0 Å². The molecule has 2 amide bonds. The number of aliphatic hydroxyl groups excluding tert-OH is 2. The number of ether oxygens (including phenoxy) is 1. The van der Waals surface area contributed by atoms with Gasteiger partial charge in [-0.1, -0.05) is 91.0 Å². The van der Waals surface area contributed by atoms with Crippen molar-refractivity contribution >= 4 is 12.0 Å². The quantitative estimate of drug-likeness (QED) is 0.169. The van der Waals surface area contributed by atoms with Gasteiger partial charge in [-0.05, 0) is 57.2 Å². The van der Waals surface area contributed by atoms with Crippen LogP contribution in [0.5, 0.6) is 0 Å². The maximum absolute atomic E-state index is 13.2. The molecule has 0 aliphatic heterocycles. The number of amides is 2. The average Bonchev–Trinajstić information content (AvgIpc) is 2.97. The van der Waals surface area contributed by atoms with Crippen LogP contribution in [0, 0.1) is 0 Å². The first kappa shape index (κ1) is 33.7. The Bertz CT molecular complexity index is 1270. The Kier molecular flexibility index (Phi) is 12.3. The van der Waals surface area contributed by atoms with Gasteiger partial charge in [-0.15, -0.1) is 0 Å². The Morgan fingerprint density at radius 2 is 1.12 bits per heavy atom. The first-order chi connectivity index (χ1) is 20.3. The third-order valence-electron chi connectivity index (χ3n) is 7.03. The average molecular weight is 592 g/mol. The van der Waals surface area contributed by atoms with E-state index in [1.54, 1.807) is 51.1 Å². The highest BCUT2D eigenvalue weighted by Crippen LogP contribution is 2.21. The molecule has 0 aromatic heterocycles. The van der Waals surface area contributed by atoms with Crippen molar-refractivity contribution < 1.29 is 29.6 Å². The molecule has 232 valence electrons. The molecule has 3 rings (SSSR count). The number of hydrogen-bond donors (Lipinski definition) is 6. The zero-order valence-electron chi connectivity index (χ0n) is 25.4. The second-order valence-electron chi connectivity index (χ2n) is 11.9. The van der Waals surface area contributed by atoms with Crippen LogP contribution >= 0.6 is 0 Å². The van der Waals surface area contributed by atoms with E-state index in [0.29, 0.717) is 18.4 Å². The predicted molar refractivity (Wildman–Crippen MR) is 166 cm³/mol. The maximum Gasteiger partial charge on any atom is 0.407 e. The van der Waals surface area contributed by atoms with Gasteiger partial charge in [0.1, 0.15) is 5.60 Å². The number of nitrogens with one attached hydrogen (secondary N) is 3. The van der Waals surface area contributed by atoms with Crippen LogP contribution in [0.3, 0.4) is 0 Å². The molecule has 0 aliphatic rings. The van der Waals surface area contributed by atoms with Crippen LogP contribution in [0.1, 0.15) is 44.4 Å². The molecule has 9 nitrogen and oxygen atoms in total. The summed E-state index contributed by atoms with van der Waals surface area (Å²) >= 11 is 0. The summed E-state index contributed by atoms with van der Waals surface area (Å²) < 4.78 is 5.40. The lowest BCUT2D eigenvalue weighted by molar-refractivity contribution is -0.140. The van der Waals surface area contributed by atoms with Crippen LogP contribution in [0.25, 0.3) is 0 Å². The number of benzene rings is 3. The molecule has 0 bridgehead atoms. The predicted octanol–water partition coefficient (Wildman–Crippen LogP) is 3.07. The van der Waals surface area contributed by atoms with Crippen molar-refractivity contribution in [2.45, 2.75) is 76.0 Å². The molecule has 0 aliphatic carbocycles. The van der Waals surface area contributed by atoms with Gasteiger partial charge in [0.2, 0.25) is 0 Å². The van der Waals surface area contributed by atoms with Crippen LogP contribution in [-0.2, 0) is 28.0 Å². The van der Waals surface area contributed by atoms with Crippen LogP contribution in [-0.4, -0.2) is 70.3 Å². The summed E-state index contributed by atoms with van der Waals surface area (Å²) in [4.78, 5) is 25.8. The fourth-order valence-corrected chi connectivity index (χ4v) is 4.63. The fraction of sp³-hybridized carbons (Fsp3) is 0.412. The Balaban J connectivity index is 1.67. The number of hydrogen-bond acceptors (Lipinski definition) is 7. The fourth-order valence-electron chi connectivity index (χ4n) is 4.63. The lowest BCUT2D eigenvalue weighted by Gasteiger charge is -2.30. The molecule has 6 N–H and O–H groups in total. The van der Waals surface area contributed by atoms with E-state index in [1.807, 2.05) is 60.7 Å². The molecule has 3 aromatic rings. The lowest BCUT2D eigenvalue weighted by Crippen LogP contribution is -2.55. The Morgan fingerprint density at radius 1 is 0.698 bits per heavy atom. The minimum Gasteiger partial charge on any atom is -0.444 e. The molecule has 0 saturated carbocycles. The van der Waals surface area contributed by atoms with Gasteiger partial charge >= 0.3 is 6.09 Å². The molecular weight excluding hydrogens is 546 g/mol. The molecule has 43 heavy (non-hydrogen) atoms. The van der Waals surface area contributed by atoms with Gasteiger partial charge in [0.15, 0.2) is 5.60 Å². The van der Waals surface area contributed by atoms with Gasteiger partial charge in [-0.25, -0.2) is 4.79 Å². The summed E-state index contributed by atoms with van der Waals surface area (Å²) in [6.45, 7) is 6.81. The van der Waals surface area contributed by atoms with Gasteiger partial charge in [0, 0.05) is 13.1 Å². The van der Waals surface area contributed by atoms with E-state index in [-0.39, 0.29) is 13.1 Å². The molecule has 5 atom stereocenters. The highest BCUT2D eigenvalue weighted by molar-refractivity contribution is 5.86. The van der Waals surface area contributed by atoms with Crippen molar-refractivity contribution in [3.8, 4) is 0 Å². The minimum atomic E-state index is -1.81. The minimum absolute atomic E-state index is 0.0345. The van der Waals surface area contributed by atoms with E-state index >= 15 is 0 Å². The highest BCUT2D eigenvalue weighted by atomic mass is 16.6. The summed E-state index contributed by atoms with van der Waals surface area (Å²) in [7, 11) is 0. The largest absolute Gasteiger partial charge is 0.444 e. The molecule has 3 aromatic carbocycles. The van der Waals surface area contributed by atoms with Gasteiger partial charge in [-0.3, -0.25) is 4.79 Å². The van der Waals surface area contributed by atoms with Crippen molar-refractivity contribution in [3.05, 3.63) is 108 Å². The van der Waals surface area contributed by atoms with E-state index in [0.717, 1.165) is 11.1 Å². The summed E-state index contributed by atoms with van der Waals surface area (Å²) in [5.74, 6) is -0.636. The third-order valence-corrected chi connectivity index (χ3v) is 7.03. The van der Waals surface area contributed by atoms with E-state index < -0.39 is 47.5 Å². The number of carbonyl (C=O) groups excluding carboxylic acids is 2. The first-order valence-electron chi connectivity index (χ1n) is 14.6. The van der Waals surface area contributed by atoms with E-state index in [1.165, 1.54) is 6.92 Å². The van der Waals surface area contributed by atoms with Gasteiger partial charge in [0.05, 0.1) is 24.3 Å². The van der Waals surface area contributed by atoms with Crippen LogP contribution in [0.15, 0.2) is 91.0 Å². The number of aliphatic hydroxyl groups is 3. The first-order valence-corrected chi connectivity index (χ1v) is 14.6. The standard InChI is InChI=1S/C34H45N3O6/c1-33(2,3)43-32(41)37-28(21-25-16-10-6-11-17-25)30(39)23-35-22-29(38)27(20-24-14-8-5-9-15-24)36-31(40)34(4,42)26-18-12-7-13-19-26/h5-19,27-30,35,38-39,42H,20-23H2,1-4H3,(H,36,40)(H,37,41)/t27-,28-,29?,30+,34+/m0/s1. The van der Waals surface area contributed by atoms with Crippen molar-refractivity contribution in [1.82, 2.24) is 16.0 Å². The Labute approximate surface area is 254 Å². The third kappa shape index (κ3) is 11.1. The van der Waals surface area contributed by atoms with Crippen LogP contribution < -0.4 is 16.0 Å². The maximum atomic E-state index is 13.2. The smallest absolute Gasteiger partial charge is 0.407 e. The van der Waals surface area contributed by atoms with Crippen molar-refractivity contribution in [2.75, 3.05) is 13.1 Å². The van der Waals surface area contributed by atoms with Crippen LogP contribution in [0.2, 0.25) is 0 Å². The summed E-state index contributed by atoms with van der Waals surface area (Å²) in [6.07, 6.45) is -2.02. The van der Waals surface area contributed by atoms with Gasteiger partial charge < -0.3 is 36.0 Å². The molecule has 0 radical (unpaired) electrons. The number of rotatable bonds is 14. The van der Waals surface area contributed by atoms with E-state index in [2.05, 4.69) is 16.0 Å². The molecule has 0 fully saturated rings. The second-order valence-corrected chi connectivity index (χ2v) is 11.9. The lowest BCUT2D eigenvalue weighted by atomic mass is 9.93. The van der Waals surface area contributed by atoms with Gasteiger partial charge in [0.25, 0.3) is 5.91 Å². The molecule has 0 spiro atoms. The molecule has 9 heteroatoms. The van der Waals surface area contributed by atoms with Crippen LogP contribution in [0.4, 0.5) is 4.79 Å². The molecule has 1 unspecified atom stereocenters. The number of alkyl carbamates (subject to hydrolysis) is 1. The summed E-state index contributed by atoms with van der Waals surface area (Å²) in [5.41, 5.74) is -0.242.